The minimum atomic E-state index is -0.0106. The Morgan fingerprint density at radius 1 is 1.18 bits per heavy atom. The van der Waals surface area contributed by atoms with Crippen molar-refractivity contribution in [2.75, 3.05) is 42.9 Å². The number of para-hydroxylation sites is 1. The SMILES string of the molecule is Cc1cc(N2CCN(CCC(=O)Nc3ccccc3Cl)CC2)nc(C(C)C)n1. The molecule has 0 radical (unpaired) electrons. The van der Waals surface area contributed by atoms with Crippen LogP contribution in [-0.4, -0.2) is 53.5 Å². The normalized spacial score (nSPS) is 15.1. The van der Waals surface area contributed by atoms with Crippen LogP contribution in [0.5, 0.6) is 0 Å². The highest BCUT2D eigenvalue weighted by Gasteiger charge is 2.20. The van der Waals surface area contributed by atoms with E-state index in [9.17, 15) is 4.79 Å². The number of anilines is 2. The van der Waals surface area contributed by atoms with Crippen LogP contribution in [0, 0.1) is 6.92 Å². The number of carbonyl (C=O) groups excluding carboxylic acids is 1. The van der Waals surface area contributed by atoms with Gasteiger partial charge in [-0.25, -0.2) is 9.97 Å². The first-order chi connectivity index (χ1) is 13.4. The number of aromatic nitrogens is 2. The third-order valence-electron chi connectivity index (χ3n) is 4.87. The van der Waals surface area contributed by atoms with Gasteiger partial charge in [0.25, 0.3) is 0 Å². The van der Waals surface area contributed by atoms with Crippen LogP contribution in [-0.2, 0) is 4.79 Å². The number of nitrogens with one attached hydrogen (secondary N) is 1. The molecule has 1 saturated heterocycles. The van der Waals surface area contributed by atoms with E-state index in [0.717, 1.165) is 50.1 Å². The lowest BCUT2D eigenvalue weighted by atomic mass is 10.2. The molecule has 1 fully saturated rings. The minimum Gasteiger partial charge on any atom is -0.354 e. The molecule has 1 aromatic heterocycles. The Labute approximate surface area is 171 Å². The molecule has 2 aromatic rings. The van der Waals surface area contributed by atoms with Crippen molar-refractivity contribution in [3.05, 3.63) is 46.9 Å². The molecule has 0 saturated carbocycles. The Balaban J connectivity index is 1.48. The summed E-state index contributed by atoms with van der Waals surface area (Å²) >= 11 is 6.09. The Morgan fingerprint density at radius 2 is 1.89 bits per heavy atom. The van der Waals surface area contributed by atoms with E-state index in [0.29, 0.717) is 23.0 Å². The summed E-state index contributed by atoms with van der Waals surface area (Å²) in [6, 6.07) is 9.35. The van der Waals surface area contributed by atoms with Crippen LogP contribution in [0.3, 0.4) is 0 Å². The molecule has 0 unspecified atom stereocenters. The average Bonchev–Trinajstić information content (AvgIpc) is 2.68. The van der Waals surface area contributed by atoms with Gasteiger partial charge in [0.15, 0.2) is 0 Å². The van der Waals surface area contributed by atoms with Crippen LogP contribution >= 0.6 is 11.6 Å². The highest BCUT2D eigenvalue weighted by Crippen LogP contribution is 2.21. The zero-order valence-corrected chi connectivity index (χ0v) is 17.5. The number of rotatable bonds is 6. The van der Waals surface area contributed by atoms with E-state index in [2.05, 4.69) is 40.0 Å². The fourth-order valence-electron chi connectivity index (χ4n) is 3.23. The van der Waals surface area contributed by atoms with Crippen LogP contribution in [0.1, 0.15) is 37.7 Å². The van der Waals surface area contributed by atoms with Gasteiger partial charge in [0.1, 0.15) is 11.6 Å². The van der Waals surface area contributed by atoms with Gasteiger partial charge in [0.05, 0.1) is 10.7 Å². The van der Waals surface area contributed by atoms with Crippen LogP contribution in [0.4, 0.5) is 11.5 Å². The van der Waals surface area contributed by atoms with Crippen molar-refractivity contribution in [3.8, 4) is 0 Å². The van der Waals surface area contributed by atoms with Crippen molar-refractivity contribution in [3.63, 3.8) is 0 Å². The lowest BCUT2D eigenvalue weighted by Gasteiger charge is -2.35. The Hall–Kier alpha value is -2.18. The zero-order chi connectivity index (χ0) is 20.1. The maximum absolute atomic E-state index is 12.2. The summed E-state index contributed by atoms with van der Waals surface area (Å²) in [4.78, 5) is 26.1. The van der Waals surface area contributed by atoms with Gasteiger partial charge in [-0.2, -0.15) is 0 Å². The van der Waals surface area contributed by atoms with E-state index in [1.807, 2.05) is 25.1 Å². The molecule has 0 atom stereocenters. The smallest absolute Gasteiger partial charge is 0.225 e. The summed E-state index contributed by atoms with van der Waals surface area (Å²) < 4.78 is 0. The second kappa shape index (κ2) is 9.34. The van der Waals surface area contributed by atoms with Crippen LogP contribution < -0.4 is 10.2 Å². The summed E-state index contributed by atoms with van der Waals surface area (Å²) in [5.74, 6) is 2.21. The van der Waals surface area contributed by atoms with Gasteiger partial charge in [0, 0.05) is 56.8 Å². The molecule has 0 spiro atoms. The summed E-state index contributed by atoms with van der Waals surface area (Å²) in [5.41, 5.74) is 1.67. The van der Waals surface area contributed by atoms with E-state index in [-0.39, 0.29) is 5.91 Å². The molecule has 0 bridgehead atoms. The molecule has 1 amide bonds. The maximum atomic E-state index is 12.2. The number of aryl methyl sites for hydroxylation is 1. The van der Waals surface area contributed by atoms with Crippen molar-refractivity contribution in [1.82, 2.24) is 14.9 Å². The molecule has 2 heterocycles. The predicted molar refractivity (Wildman–Crippen MR) is 114 cm³/mol. The van der Waals surface area contributed by atoms with Crippen molar-refractivity contribution in [2.45, 2.75) is 33.1 Å². The summed E-state index contributed by atoms with van der Waals surface area (Å²) in [7, 11) is 0. The number of benzene rings is 1. The maximum Gasteiger partial charge on any atom is 0.225 e. The fourth-order valence-corrected chi connectivity index (χ4v) is 3.41. The van der Waals surface area contributed by atoms with Gasteiger partial charge < -0.3 is 10.2 Å². The number of hydrogen-bond acceptors (Lipinski definition) is 5. The number of nitrogens with zero attached hydrogens (tertiary/aromatic N) is 4. The van der Waals surface area contributed by atoms with Gasteiger partial charge in [-0.15, -0.1) is 0 Å². The topological polar surface area (TPSA) is 61.4 Å². The first-order valence-corrected chi connectivity index (χ1v) is 10.2. The highest BCUT2D eigenvalue weighted by atomic mass is 35.5. The summed E-state index contributed by atoms with van der Waals surface area (Å²) in [6.45, 7) is 10.6. The summed E-state index contributed by atoms with van der Waals surface area (Å²) in [6.07, 6.45) is 0.454. The van der Waals surface area contributed by atoms with E-state index in [1.165, 1.54) is 0 Å². The zero-order valence-electron chi connectivity index (χ0n) is 16.8. The number of halogens is 1. The largest absolute Gasteiger partial charge is 0.354 e. The highest BCUT2D eigenvalue weighted by molar-refractivity contribution is 6.33. The molecule has 3 rings (SSSR count). The molecule has 1 N–H and O–H groups in total. The lowest BCUT2D eigenvalue weighted by Crippen LogP contribution is -2.47. The second-order valence-corrected chi connectivity index (χ2v) is 7.89. The third kappa shape index (κ3) is 5.42. The molecule has 1 aromatic carbocycles. The van der Waals surface area contributed by atoms with E-state index in [1.54, 1.807) is 6.07 Å². The number of piperazine rings is 1. The van der Waals surface area contributed by atoms with Gasteiger partial charge >= 0.3 is 0 Å². The van der Waals surface area contributed by atoms with Crippen molar-refractivity contribution in [2.24, 2.45) is 0 Å². The molecule has 1 aliphatic heterocycles. The molecular weight excluding hydrogens is 374 g/mol. The third-order valence-corrected chi connectivity index (χ3v) is 5.20. The molecule has 0 aliphatic carbocycles. The van der Waals surface area contributed by atoms with Gasteiger partial charge in [-0.05, 0) is 19.1 Å². The molecule has 28 heavy (non-hydrogen) atoms. The van der Waals surface area contributed by atoms with Gasteiger partial charge in [0.2, 0.25) is 5.91 Å². The van der Waals surface area contributed by atoms with Crippen LogP contribution in [0.25, 0.3) is 0 Å². The first-order valence-electron chi connectivity index (χ1n) is 9.79. The van der Waals surface area contributed by atoms with Crippen molar-refractivity contribution >= 4 is 29.0 Å². The van der Waals surface area contributed by atoms with Gasteiger partial charge in [-0.3, -0.25) is 9.69 Å². The average molecular weight is 402 g/mol. The predicted octanol–water partition coefficient (Wildman–Crippen LogP) is 3.71. The lowest BCUT2D eigenvalue weighted by molar-refractivity contribution is -0.116. The van der Waals surface area contributed by atoms with Crippen molar-refractivity contribution < 1.29 is 4.79 Å². The molecule has 7 heteroatoms. The standard InChI is InChI=1S/C21H28ClN5O/c1-15(2)21-23-16(3)14-19(25-21)27-12-10-26(11-13-27)9-8-20(28)24-18-7-5-4-6-17(18)22/h4-7,14-15H,8-13H2,1-3H3,(H,24,28). The molecule has 150 valence electrons. The van der Waals surface area contributed by atoms with E-state index >= 15 is 0 Å². The number of hydrogen-bond donors (Lipinski definition) is 1. The molecule has 6 nitrogen and oxygen atoms in total. The monoisotopic (exact) mass is 401 g/mol. The number of amides is 1. The number of carbonyl (C=O) groups is 1. The first kappa shape index (κ1) is 20.6. The van der Waals surface area contributed by atoms with Crippen LogP contribution in [0.2, 0.25) is 5.02 Å². The Bertz CT molecular complexity index is 818. The molecular formula is C21H28ClN5O. The van der Waals surface area contributed by atoms with E-state index in [4.69, 9.17) is 16.6 Å². The summed E-state index contributed by atoms with van der Waals surface area (Å²) in [5, 5.41) is 3.44. The second-order valence-electron chi connectivity index (χ2n) is 7.49. The van der Waals surface area contributed by atoms with E-state index < -0.39 is 0 Å². The fraction of sp³-hybridized carbons (Fsp3) is 0.476. The molecule has 1 aliphatic rings. The quantitative estimate of drug-likeness (QED) is 0.799. The van der Waals surface area contributed by atoms with Crippen LogP contribution in [0.15, 0.2) is 30.3 Å². The minimum absolute atomic E-state index is 0.0106. The van der Waals surface area contributed by atoms with Crippen molar-refractivity contribution in [1.29, 1.82) is 0 Å². The Morgan fingerprint density at radius 3 is 2.57 bits per heavy atom. The van der Waals surface area contributed by atoms with Gasteiger partial charge in [-0.1, -0.05) is 37.6 Å². The Kier molecular flexibility index (Phi) is 6.86.